The molecule has 3 aromatic rings. The Hall–Kier alpha value is -2.34. The Balaban J connectivity index is 1.86. The highest BCUT2D eigenvalue weighted by atomic mass is 14.1. The van der Waals surface area contributed by atoms with Crippen molar-refractivity contribution in [2.75, 3.05) is 0 Å². The molecule has 0 atom stereocenters. The number of hydrogen-bond acceptors (Lipinski definition) is 0. The summed E-state index contributed by atoms with van der Waals surface area (Å²) in [4.78, 5) is 0. The maximum atomic E-state index is 2.30. The van der Waals surface area contributed by atoms with Gasteiger partial charge in [-0.15, -0.1) is 0 Å². The Bertz CT molecular complexity index is 790. The van der Waals surface area contributed by atoms with E-state index in [9.17, 15) is 0 Å². The second kappa shape index (κ2) is 7.05. The summed E-state index contributed by atoms with van der Waals surface area (Å²) in [5.41, 5.74) is 7.90. The van der Waals surface area contributed by atoms with Gasteiger partial charge in [0.05, 0.1) is 0 Å². The average molecular weight is 314 g/mol. The largest absolute Gasteiger partial charge is 0.0614 e. The molecule has 0 nitrogen and oxygen atoms in total. The van der Waals surface area contributed by atoms with Crippen molar-refractivity contribution in [3.05, 3.63) is 83.9 Å². The van der Waals surface area contributed by atoms with E-state index in [2.05, 4.69) is 100 Å². The Morgan fingerprint density at radius 3 is 1.42 bits per heavy atom. The predicted octanol–water partition coefficient (Wildman–Crippen LogP) is 7.27. The van der Waals surface area contributed by atoms with E-state index >= 15 is 0 Å². The predicted molar refractivity (Wildman–Crippen MR) is 105 cm³/mol. The molecule has 0 heteroatoms. The van der Waals surface area contributed by atoms with Crippen molar-refractivity contribution in [2.45, 2.75) is 39.5 Å². The second-order valence-corrected chi connectivity index (χ2v) is 7.13. The van der Waals surface area contributed by atoms with Crippen LogP contribution in [0, 0.1) is 0 Å². The quantitative estimate of drug-likeness (QED) is 0.475. The van der Waals surface area contributed by atoms with Crippen LogP contribution in [0.1, 0.15) is 50.7 Å². The lowest BCUT2D eigenvalue weighted by molar-refractivity contribution is 0.867. The van der Waals surface area contributed by atoms with Crippen LogP contribution in [0.15, 0.2) is 72.8 Å². The van der Waals surface area contributed by atoms with E-state index < -0.39 is 0 Å². The number of hydrogen-bond donors (Lipinski definition) is 0. The van der Waals surface area contributed by atoms with Crippen LogP contribution in [0.5, 0.6) is 0 Å². The van der Waals surface area contributed by atoms with Crippen LogP contribution >= 0.6 is 0 Å². The van der Waals surface area contributed by atoms with Crippen molar-refractivity contribution in [2.24, 2.45) is 0 Å². The molecule has 122 valence electrons. The van der Waals surface area contributed by atoms with E-state index in [1.807, 2.05) is 0 Å². The lowest BCUT2D eigenvalue weighted by Crippen LogP contribution is -1.88. The van der Waals surface area contributed by atoms with E-state index in [4.69, 9.17) is 0 Å². The molecule has 0 heterocycles. The molecule has 0 amide bonds. The summed E-state index contributed by atoms with van der Waals surface area (Å²) >= 11 is 0. The van der Waals surface area contributed by atoms with Crippen molar-refractivity contribution in [3.8, 4) is 22.3 Å². The van der Waals surface area contributed by atoms with E-state index in [1.54, 1.807) is 0 Å². The Morgan fingerprint density at radius 1 is 0.458 bits per heavy atom. The highest BCUT2D eigenvalue weighted by Crippen LogP contribution is 2.28. The summed E-state index contributed by atoms with van der Waals surface area (Å²) in [6.45, 7) is 8.94. The lowest BCUT2D eigenvalue weighted by Gasteiger charge is -2.10. The molecule has 0 radical (unpaired) electrons. The molecule has 0 unspecified atom stereocenters. The third-order valence-corrected chi connectivity index (χ3v) is 4.68. The van der Waals surface area contributed by atoms with Gasteiger partial charge in [-0.05, 0) is 45.2 Å². The zero-order valence-electron chi connectivity index (χ0n) is 15.1. The van der Waals surface area contributed by atoms with E-state index in [1.165, 1.54) is 33.4 Å². The molecule has 0 aromatic heterocycles. The maximum absolute atomic E-state index is 2.30. The molecule has 0 aliphatic heterocycles. The van der Waals surface area contributed by atoms with Crippen LogP contribution in [-0.4, -0.2) is 0 Å². The van der Waals surface area contributed by atoms with Gasteiger partial charge in [0.2, 0.25) is 0 Å². The topological polar surface area (TPSA) is 0 Å². The molecule has 0 aliphatic carbocycles. The van der Waals surface area contributed by atoms with Gasteiger partial charge in [0, 0.05) is 0 Å². The lowest BCUT2D eigenvalue weighted by atomic mass is 9.95. The molecule has 0 aliphatic rings. The van der Waals surface area contributed by atoms with Gasteiger partial charge in [0.15, 0.2) is 0 Å². The summed E-state index contributed by atoms with van der Waals surface area (Å²) in [7, 11) is 0. The highest BCUT2D eigenvalue weighted by molar-refractivity contribution is 5.71. The molecule has 0 saturated heterocycles. The van der Waals surface area contributed by atoms with Crippen molar-refractivity contribution in [1.82, 2.24) is 0 Å². The van der Waals surface area contributed by atoms with Crippen LogP contribution in [0.25, 0.3) is 22.3 Å². The van der Waals surface area contributed by atoms with Crippen molar-refractivity contribution < 1.29 is 0 Å². The Labute approximate surface area is 146 Å². The first kappa shape index (κ1) is 16.5. The van der Waals surface area contributed by atoms with Crippen LogP contribution in [0.3, 0.4) is 0 Å². The third kappa shape index (κ3) is 3.59. The van der Waals surface area contributed by atoms with Crippen molar-refractivity contribution in [1.29, 1.82) is 0 Å². The fourth-order valence-corrected chi connectivity index (χ4v) is 2.99. The van der Waals surface area contributed by atoms with Crippen LogP contribution in [0.2, 0.25) is 0 Å². The Morgan fingerprint density at radius 2 is 0.917 bits per heavy atom. The molecule has 0 saturated carbocycles. The molecule has 24 heavy (non-hydrogen) atoms. The van der Waals surface area contributed by atoms with Crippen molar-refractivity contribution >= 4 is 0 Å². The normalized spacial score (nSPS) is 11.2. The summed E-state index contributed by atoms with van der Waals surface area (Å²) in [5.74, 6) is 1.14. The standard InChI is InChI=1S/C24H26/c1-17(2)19-8-10-20(11-9-19)21-12-14-22(15-13-21)24-7-5-6-23(16-24)18(3)4/h5-18H,1-4H3. The molecule has 0 N–H and O–H groups in total. The van der Waals surface area contributed by atoms with Gasteiger partial charge < -0.3 is 0 Å². The molecule has 0 spiro atoms. The van der Waals surface area contributed by atoms with E-state index in [0.29, 0.717) is 11.8 Å². The number of rotatable bonds is 4. The summed E-state index contributed by atoms with van der Waals surface area (Å²) < 4.78 is 0. The maximum Gasteiger partial charge on any atom is -0.0181 e. The minimum absolute atomic E-state index is 0.559. The summed E-state index contributed by atoms with van der Waals surface area (Å²) in [6, 6.07) is 26.7. The SMILES string of the molecule is CC(C)c1ccc(-c2ccc(-c3cccc(C(C)C)c3)cc2)cc1. The van der Waals surface area contributed by atoms with Crippen molar-refractivity contribution in [3.63, 3.8) is 0 Å². The zero-order valence-corrected chi connectivity index (χ0v) is 15.1. The molecule has 3 rings (SSSR count). The van der Waals surface area contributed by atoms with Gasteiger partial charge >= 0.3 is 0 Å². The van der Waals surface area contributed by atoms with Gasteiger partial charge in [0.25, 0.3) is 0 Å². The smallest absolute Gasteiger partial charge is 0.0181 e. The summed E-state index contributed by atoms with van der Waals surface area (Å²) in [6.07, 6.45) is 0. The molecule has 3 aromatic carbocycles. The van der Waals surface area contributed by atoms with Gasteiger partial charge in [-0.25, -0.2) is 0 Å². The minimum atomic E-state index is 0.559. The number of benzene rings is 3. The second-order valence-electron chi connectivity index (χ2n) is 7.13. The Kier molecular flexibility index (Phi) is 4.85. The zero-order chi connectivity index (χ0) is 17.1. The first-order valence-corrected chi connectivity index (χ1v) is 8.85. The monoisotopic (exact) mass is 314 g/mol. The summed E-state index contributed by atoms with van der Waals surface area (Å²) in [5, 5.41) is 0. The van der Waals surface area contributed by atoms with Gasteiger partial charge in [-0.3, -0.25) is 0 Å². The van der Waals surface area contributed by atoms with Gasteiger partial charge in [0.1, 0.15) is 0 Å². The van der Waals surface area contributed by atoms with Crippen LogP contribution < -0.4 is 0 Å². The van der Waals surface area contributed by atoms with Gasteiger partial charge in [-0.1, -0.05) is 100 Å². The highest BCUT2D eigenvalue weighted by Gasteiger charge is 2.04. The van der Waals surface area contributed by atoms with Gasteiger partial charge in [-0.2, -0.15) is 0 Å². The molecule has 0 fully saturated rings. The molecular weight excluding hydrogens is 288 g/mol. The average Bonchev–Trinajstić information content (AvgIpc) is 2.62. The molecular formula is C24H26. The fourth-order valence-electron chi connectivity index (χ4n) is 2.99. The molecule has 0 bridgehead atoms. The van der Waals surface area contributed by atoms with Crippen LogP contribution in [-0.2, 0) is 0 Å². The van der Waals surface area contributed by atoms with Crippen LogP contribution in [0.4, 0.5) is 0 Å². The minimum Gasteiger partial charge on any atom is -0.0614 e. The van der Waals surface area contributed by atoms with E-state index in [0.717, 1.165) is 0 Å². The third-order valence-electron chi connectivity index (χ3n) is 4.68. The van der Waals surface area contributed by atoms with E-state index in [-0.39, 0.29) is 0 Å². The first-order chi connectivity index (χ1) is 11.5. The fraction of sp³-hybridized carbons (Fsp3) is 0.250. The first-order valence-electron chi connectivity index (χ1n) is 8.85.